The molecule has 0 saturated carbocycles. The van der Waals surface area contributed by atoms with Gasteiger partial charge in [-0.25, -0.2) is 13.1 Å². The second kappa shape index (κ2) is 7.06. The number of amides is 1. The number of halogens is 1. The summed E-state index contributed by atoms with van der Waals surface area (Å²) in [6.07, 6.45) is 0.788. The summed E-state index contributed by atoms with van der Waals surface area (Å²) in [7, 11) is -3.64. The number of benzene rings is 1. The fourth-order valence-corrected chi connectivity index (χ4v) is 3.04. The lowest BCUT2D eigenvalue weighted by atomic mass is 10.2. The number of carbonyl (C=O) groups is 1. The molecule has 1 aromatic carbocycles. The van der Waals surface area contributed by atoms with E-state index in [-0.39, 0.29) is 27.4 Å². The molecule has 0 radical (unpaired) electrons. The predicted molar refractivity (Wildman–Crippen MR) is 79.5 cm³/mol. The second-order valence-corrected chi connectivity index (χ2v) is 6.79. The molecule has 0 fully saturated rings. The molecule has 0 aromatic heterocycles. The van der Waals surface area contributed by atoms with E-state index in [1.165, 1.54) is 18.2 Å². The largest absolute Gasteiger partial charge is 0.352 e. The van der Waals surface area contributed by atoms with Crippen molar-refractivity contribution >= 4 is 27.5 Å². The lowest BCUT2D eigenvalue weighted by Gasteiger charge is -2.11. The highest BCUT2D eigenvalue weighted by Crippen LogP contribution is 2.20. The molecular formula is C13H19ClN2O3S. The number of nitrogens with one attached hydrogen (secondary N) is 2. The third kappa shape index (κ3) is 4.47. The van der Waals surface area contributed by atoms with Crippen LogP contribution < -0.4 is 10.0 Å². The van der Waals surface area contributed by atoms with Crippen LogP contribution in [-0.4, -0.2) is 26.9 Å². The first-order chi connectivity index (χ1) is 9.27. The molecule has 0 aliphatic carbocycles. The van der Waals surface area contributed by atoms with E-state index in [4.69, 9.17) is 11.6 Å². The summed E-state index contributed by atoms with van der Waals surface area (Å²) in [4.78, 5) is 11.9. The maximum absolute atomic E-state index is 12.1. The Kier molecular flexibility index (Phi) is 5.98. The molecule has 0 aliphatic rings. The summed E-state index contributed by atoms with van der Waals surface area (Å²) in [6, 6.07) is 3.85. The SMILES string of the molecule is CCCNC(=O)c1cc(S(=O)(=O)NC(C)C)ccc1Cl. The van der Waals surface area contributed by atoms with E-state index in [1.54, 1.807) is 13.8 Å². The van der Waals surface area contributed by atoms with Crippen molar-refractivity contribution in [1.82, 2.24) is 10.0 Å². The molecular weight excluding hydrogens is 300 g/mol. The quantitative estimate of drug-likeness (QED) is 0.844. The third-order valence-electron chi connectivity index (χ3n) is 2.42. The molecule has 0 heterocycles. The first-order valence-electron chi connectivity index (χ1n) is 6.38. The summed E-state index contributed by atoms with van der Waals surface area (Å²) in [6.45, 7) is 5.89. The van der Waals surface area contributed by atoms with Gasteiger partial charge >= 0.3 is 0 Å². The van der Waals surface area contributed by atoms with Gasteiger partial charge in [-0.2, -0.15) is 0 Å². The highest BCUT2D eigenvalue weighted by molar-refractivity contribution is 7.89. The molecule has 1 aromatic rings. The summed E-state index contributed by atoms with van der Waals surface area (Å²) in [5, 5.41) is 2.89. The van der Waals surface area contributed by atoms with Crippen molar-refractivity contribution in [3.8, 4) is 0 Å². The summed E-state index contributed by atoms with van der Waals surface area (Å²) < 4.78 is 26.6. The first-order valence-corrected chi connectivity index (χ1v) is 8.24. The predicted octanol–water partition coefficient (Wildman–Crippen LogP) is 2.17. The molecule has 0 unspecified atom stereocenters. The van der Waals surface area contributed by atoms with Gasteiger partial charge in [0.05, 0.1) is 15.5 Å². The second-order valence-electron chi connectivity index (χ2n) is 4.67. The summed E-state index contributed by atoms with van der Waals surface area (Å²) in [5.41, 5.74) is 0.159. The number of rotatable bonds is 6. The van der Waals surface area contributed by atoms with Crippen LogP contribution in [-0.2, 0) is 10.0 Å². The van der Waals surface area contributed by atoms with Crippen molar-refractivity contribution in [3.63, 3.8) is 0 Å². The molecule has 0 atom stereocenters. The van der Waals surface area contributed by atoms with Crippen LogP contribution in [0.15, 0.2) is 23.1 Å². The monoisotopic (exact) mass is 318 g/mol. The van der Waals surface area contributed by atoms with Crippen molar-refractivity contribution in [2.45, 2.75) is 38.1 Å². The van der Waals surface area contributed by atoms with E-state index in [0.29, 0.717) is 6.54 Å². The lowest BCUT2D eigenvalue weighted by molar-refractivity contribution is 0.0953. The molecule has 112 valence electrons. The van der Waals surface area contributed by atoms with Gasteiger partial charge in [-0.3, -0.25) is 4.79 Å². The zero-order valence-electron chi connectivity index (χ0n) is 11.7. The fraction of sp³-hybridized carbons (Fsp3) is 0.462. The van der Waals surface area contributed by atoms with Gasteiger partial charge < -0.3 is 5.32 Å². The topological polar surface area (TPSA) is 75.3 Å². The number of carbonyl (C=O) groups excluding carboxylic acids is 1. The Morgan fingerprint density at radius 2 is 2.00 bits per heavy atom. The smallest absolute Gasteiger partial charge is 0.252 e. The molecule has 1 rings (SSSR count). The molecule has 0 aliphatic heterocycles. The number of sulfonamides is 1. The lowest BCUT2D eigenvalue weighted by Crippen LogP contribution is -2.30. The average Bonchev–Trinajstić information content (AvgIpc) is 2.34. The van der Waals surface area contributed by atoms with E-state index in [9.17, 15) is 13.2 Å². The Hall–Kier alpha value is -1.11. The van der Waals surface area contributed by atoms with Crippen molar-refractivity contribution < 1.29 is 13.2 Å². The Morgan fingerprint density at radius 1 is 1.35 bits per heavy atom. The van der Waals surface area contributed by atoms with Gasteiger partial charge in [0.2, 0.25) is 10.0 Å². The van der Waals surface area contributed by atoms with Gasteiger partial charge in [0, 0.05) is 12.6 Å². The molecule has 7 heteroatoms. The Labute approximate surface area is 124 Å². The van der Waals surface area contributed by atoms with Crippen LogP contribution in [0.4, 0.5) is 0 Å². The van der Waals surface area contributed by atoms with Gasteiger partial charge in [0.1, 0.15) is 0 Å². The van der Waals surface area contributed by atoms with Crippen molar-refractivity contribution in [2.75, 3.05) is 6.54 Å². The maximum atomic E-state index is 12.1. The van der Waals surface area contributed by atoms with Gasteiger partial charge in [-0.1, -0.05) is 18.5 Å². The zero-order chi connectivity index (χ0) is 15.3. The molecule has 0 bridgehead atoms. The van der Waals surface area contributed by atoms with Crippen LogP contribution in [0, 0.1) is 0 Å². The zero-order valence-corrected chi connectivity index (χ0v) is 13.3. The molecule has 1 amide bonds. The average molecular weight is 319 g/mol. The van der Waals surface area contributed by atoms with Crippen molar-refractivity contribution in [1.29, 1.82) is 0 Å². The summed E-state index contributed by atoms with van der Waals surface area (Å²) in [5.74, 6) is -0.376. The Balaban J connectivity index is 3.11. The third-order valence-corrected chi connectivity index (χ3v) is 4.40. The number of hydrogen-bond acceptors (Lipinski definition) is 3. The first kappa shape index (κ1) is 16.9. The van der Waals surface area contributed by atoms with Gasteiger partial charge in [-0.15, -0.1) is 0 Å². The minimum Gasteiger partial charge on any atom is -0.352 e. The van der Waals surface area contributed by atoms with Gasteiger partial charge in [0.15, 0.2) is 0 Å². The normalized spacial score (nSPS) is 11.7. The molecule has 0 saturated heterocycles. The minimum atomic E-state index is -3.64. The Morgan fingerprint density at radius 3 is 2.55 bits per heavy atom. The molecule has 2 N–H and O–H groups in total. The molecule has 20 heavy (non-hydrogen) atoms. The highest BCUT2D eigenvalue weighted by atomic mass is 35.5. The van der Waals surface area contributed by atoms with Crippen LogP contribution in [0.2, 0.25) is 5.02 Å². The van der Waals surface area contributed by atoms with Crippen LogP contribution in [0.25, 0.3) is 0 Å². The van der Waals surface area contributed by atoms with E-state index in [1.807, 2.05) is 6.92 Å². The highest BCUT2D eigenvalue weighted by Gasteiger charge is 2.19. The van der Waals surface area contributed by atoms with E-state index in [2.05, 4.69) is 10.0 Å². The fourth-order valence-electron chi connectivity index (χ4n) is 1.56. The van der Waals surface area contributed by atoms with Crippen LogP contribution in [0.5, 0.6) is 0 Å². The van der Waals surface area contributed by atoms with Gasteiger partial charge in [-0.05, 0) is 38.5 Å². The maximum Gasteiger partial charge on any atom is 0.252 e. The standard InChI is InChI=1S/C13H19ClN2O3S/c1-4-7-15-13(17)11-8-10(5-6-12(11)14)20(18,19)16-9(2)3/h5-6,8-9,16H,4,7H2,1-3H3,(H,15,17). The van der Waals surface area contributed by atoms with Crippen LogP contribution >= 0.6 is 11.6 Å². The Bertz CT molecular complexity index is 585. The van der Waals surface area contributed by atoms with E-state index < -0.39 is 10.0 Å². The minimum absolute atomic E-state index is 0.0252. The van der Waals surface area contributed by atoms with E-state index >= 15 is 0 Å². The van der Waals surface area contributed by atoms with E-state index in [0.717, 1.165) is 6.42 Å². The van der Waals surface area contributed by atoms with Crippen molar-refractivity contribution in [3.05, 3.63) is 28.8 Å². The van der Waals surface area contributed by atoms with Crippen LogP contribution in [0.3, 0.4) is 0 Å². The summed E-state index contributed by atoms with van der Waals surface area (Å²) >= 11 is 5.95. The van der Waals surface area contributed by atoms with Crippen LogP contribution in [0.1, 0.15) is 37.6 Å². The molecule has 0 spiro atoms. The number of hydrogen-bond donors (Lipinski definition) is 2. The van der Waals surface area contributed by atoms with Gasteiger partial charge in [0.25, 0.3) is 5.91 Å². The molecule has 5 nitrogen and oxygen atoms in total. The van der Waals surface area contributed by atoms with Crippen molar-refractivity contribution in [2.24, 2.45) is 0 Å².